The highest BCUT2D eigenvalue weighted by Gasteiger charge is 2.34. The van der Waals surface area contributed by atoms with E-state index in [4.69, 9.17) is 4.74 Å². The SMILES string of the molecule is CN(C)c1cncc(O[C@@H]2CCN(S(=O)(=O)c3cccnc3)C2)n1. The standard InChI is InChI=1S/C15H19N5O3S/c1-19(2)14-9-17-10-15(18-14)23-12-5-7-20(11-12)24(21,22)13-4-3-6-16-8-13/h3-4,6,8-10,12H,5,7,11H2,1-2H3/t12-/m1/s1. The first-order chi connectivity index (χ1) is 11.5. The van der Waals surface area contributed by atoms with Gasteiger partial charge in [-0.3, -0.25) is 9.97 Å². The first-order valence-electron chi connectivity index (χ1n) is 7.53. The van der Waals surface area contributed by atoms with E-state index >= 15 is 0 Å². The van der Waals surface area contributed by atoms with Crippen molar-refractivity contribution in [1.82, 2.24) is 19.3 Å². The Bertz CT molecular complexity index is 798. The highest BCUT2D eigenvalue weighted by molar-refractivity contribution is 7.89. The van der Waals surface area contributed by atoms with Crippen LogP contribution in [0.2, 0.25) is 0 Å². The van der Waals surface area contributed by atoms with Crippen LogP contribution in [0.1, 0.15) is 6.42 Å². The van der Waals surface area contributed by atoms with Gasteiger partial charge < -0.3 is 9.64 Å². The molecule has 3 rings (SSSR count). The average Bonchev–Trinajstić information content (AvgIpc) is 3.05. The summed E-state index contributed by atoms with van der Waals surface area (Å²) in [6.45, 7) is 0.688. The fraction of sp³-hybridized carbons (Fsp3) is 0.400. The number of anilines is 1. The van der Waals surface area contributed by atoms with Crippen molar-refractivity contribution >= 4 is 15.8 Å². The van der Waals surface area contributed by atoms with Crippen molar-refractivity contribution in [2.75, 3.05) is 32.1 Å². The molecule has 1 atom stereocenters. The lowest BCUT2D eigenvalue weighted by Gasteiger charge is -2.17. The molecule has 3 heterocycles. The van der Waals surface area contributed by atoms with Crippen LogP contribution in [0.4, 0.5) is 5.82 Å². The third kappa shape index (κ3) is 3.46. The Labute approximate surface area is 141 Å². The van der Waals surface area contributed by atoms with Crippen molar-refractivity contribution in [3.63, 3.8) is 0 Å². The third-order valence-electron chi connectivity index (χ3n) is 3.73. The number of hydrogen-bond donors (Lipinski definition) is 0. The van der Waals surface area contributed by atoms with Gasteiger partial charge in [-0.1, -0.05) is 0 Å². The monoisotopic (exact) mass is 349 g/mol. The van der Waals surface area contributed by atoms with Crippen molar-refractivity contribution in [3.05, 3.63) is 36.9 Å². The molecule has 0 amide bonds. The lowest BCUT2D eigenvalue weighted by molar-refractivity contribution is 0.206. The summed E-state index contributed by atoms with van der Waals surface area (Å²) in [6.07, 6.45) is 6.43. The van der Waals surface area contributed by atoms with Crippen LogP contribution >= 0.6 is 0 Å². The van der Waals surface area contributed by atoms with E-state index < -0.39 is 10.0 Å². The summed E-state index contributed by atoms with van der Waals surface area (Å²) in [5, 5.41) is 0. The van der Waals surface area contributed by atoms with Gasteiger partial charge in [0.1, 0.15) is 11.0 Å². The van der Waals surface area contributed by atoms with E-state index in [1.54, 1.807) is 24.5 Å². The maximum absolute atomic E-state index is 12.6. The quantitative estimate of drug-likeness (QED) is 0.788. The molecule has 128 valence electrons. The van der Waals surface area contributed by atoms with Crippen molar-refractivity contribution < 1.29 is 13.2 Å². The van der Waals surface area contributed by atoms with Crippen LogP contribution in [-0.4, -0.2) is 61.0 Å². The molecule has 8 nitrogen and oxygen atoms in total. The van der Waals surface area contributed by atoms with Crippen molar-refractivity contribution in [3.8, 4) is 5.88 Å². The van der Waals surface area contributed by atoms with Gasteiger partial charge in [-0.15, -0.1) is 0 Å². The number of sulfonamides is 1. The Hall–Kier alpha value is -2.26. The number of hydrogen-bond acceptors (Lipinski definition) is 7. The molecule has 9 heteroatoms. The van der Waals surface area contributed by atoms with Crippen LogP contribution < -0.4 is 9.64 Å². The maximum Gasteiger partial charge on any atom is 0.244 e. The van der Waals surface area contributed by atoms with E-state index in [1.807, 2.05) is 19.0 Å². The molecule has 1 aliphatic rings. The van der Waals surface area contributed by atoms with Crippen molar-refractivity contribution in [2.45, 2.75) is 17.4 Å². The Morgan fingerprint density at radius 1 is 1.25 bits per heavy atom. The molecular weight excluding hydrogens is 330 g/mol. The van der Waals surface area contributed by atoms with E-state index in [0.29, 0.717) is 24.7 Å². The molecule has 2 aromatic rings. The van der Waals surface area contributed by atoms with E-state index in [2.05, 4.69) is 15.0 Å². The zero-order valence-electron chi connectivity index (χ0n) is 13.5. The molecule has 0 aliphatic carbocycles. The molecule has 24 heavy (non-hydrogen) atoms. The lowest BCUT2D eigenvalue weighted by Crippen LogP contribution is -2.31. The molecule has 1 fully saturated rings. The van der Waals surface area contributed by atoms with E-state index in [-0.39, 0.29) is 17.5 Å². The molecule has 2 aromatic heterocycles. The van der Waals surface area contributed by atoms with Gasteiger partial charge in [0.2, 0.25) is 15.9 Å². The fourth-order valence-corrected chi connectivity index (χ4v) is 3.89. The summed E-state index contributed by atoms with van der Waals surface area (Å²) in [7, 11) is 0.194. The Morgan fingerprint density at radius 3 is 2.79 bits per heavy atom. The molecule has 0 bridgehead atoms. The van der Waals surface area contributed by atoms with Gasteiger partial charge in [-0.2, -0.15) is 9.29 Å². The minimum atomic E-state index is -3.54. The number of nitrogens with zero attached hydrogens (tertiary/aromatic N) is 5. The lowest BCUT2D eigenvalue weighted by atomic mass is 10.3. The second-order valence-corrected chi connectivity index (χ2v) is 7.63. The largest absolute Gasteiger partial charge is 0.472 e. The van der Waals surface area contributed by atoms with Gasteiger partial charge in [0.25, 0.3) is 0 Å². The van der Waals surface area contributed by atoms with Crippen molar-refractivity contribution in [1.29, 1.82) is 0 Å². The molecule has 1 aliphatic heterocycles. The summed E-state index contributed by atoms with van der Waals surface area (Å²) >= 11 is 0. The van der Waals surface area contributed by atoms with Crippen LogP contribution in [-0.2, 0) is 10.0 Å². The fourth-order valence-electron chi connectivity index (χ4n) is 2.44. The highest BCUT2D eigenvalue weighted by Crippen LogP contribution is 2.23. The van der Waals surface area contributed by atoms with Gasteiger partial charge in [0.05, 0.1) is 18.9 Å². The normalized spacial score (nSPS) is 18.5. The Balaban J connectivity index is 1.69. The van der Waals surface area contributed by atoms with Gasteiger partial charge in [-0.05, 0) is 18.6 Å². The number of aromatic nitrogens is 3. The van der Waals surface area contributed by atoms with Crippen LogP contribution in [0.5, 0.6) is 5.88 Å². The van der Waals surface area contributed by atoms with Gasteiger partial charge in [-0.25, -0.2) is 8.42 Å². The number of pyridine rings is 1. The maximum atomic E-state index is 12.6. The molecule has 0 aromatic carbocycles. The summed E-state index contributed by atoms with van der Waals surface area (Å²) in [5.74, 6) is 1.08. The zero-order valence-corrected chi connectivity index (χ0v) is 14.3. The summed E-state index contributed by atoms with van der Waals surface area (Å²) in [6, 6.07) is 3.15. The van der Waals surface area contributed by atoms with Crippen LogP contribution in [0, 0.1) is 0 Å². The average molecular weight is 349 g/mol. The minimum absolute atomic E-state index is 0.194. The van der Waals surface area contributed by atoms with E-state index in [0.717, 1.165) is 0 Å². The van der Waals surface area contributed by atoms with E-state index in [1.165, 1.54) is 16.7 Å². The second kappa shape index (κ2) is 6.70. The molecule has 0 N–H and O–H groups in total. The summed E-state index contributed by atoms with van der Waals surface area (Å²) in [5.41, 5.74) is 0. The van der Waals surface area contributed by atoms with Crippen LogP contribution in [0.15, 0.2) is 41.8 Å². The molecule has 1 saturated heterocycles. The number of rotatable bonds is 5. The molecular formula is C15H19N5O3S. The first kappa shape index (κ1) is 16.6. The predicted molar refractivity (Wildman–Crippen MR) is 88.4 cm³/mol. The van der Waals surface area contributed by atoms with Crippen LogP contribution in [0.3, 0.4) is 0 Å². The molecule has 0 radical (unpaired) electrons. The topological polar surface area (TPSA) is 88.5 Å². The zero-order chi connectivity index (χ0) is 17.2. The van der Waals surface area contributed by atoms with Crippen LogP contribution in [0.25, 0.3) is 0 Å². The Morgan fingerprint density at radius 2 is 2.08 bits per heavy atom. The van der Waals surface area contributed by atoms with Gasteiger partial charge in [0.15, 0.2) is 5.82 Å². The summed E-state index contributed by atoms with van der Waals surface area (Å²) in [4.78, 5) is 14.3. The highest BCUT2D eigenvalue weighted by atomic mass is 32.2. The van der Waals surface area contributed by atoms with Gasteiger partial charge in [0, 0.05) is 33.0 Å². The smallest absolute Gasteiger partial charge is 0.244 e. The first-order valence-corrected chi connectivity index (χ1v) is 8.97. The molecule has 0 spiro atoms. The second-order valence-electron chi connectivity index (χ2n) is 5.69. The Kier molecular flexibility index (Phi) is 4.63. The number of ether oxygens (including phenoxy) is 1. The summed E-state index contributed by atoms with van der Waals surface area (Å²) < 4.78 is 32.4. The van der Waals surface area contributed by atoms with Crippen molar-refractivity contribution in [2.24, 2.45) is 0 Å². The van der Waals surface area contributed by atoms with E-state index in [9.17, 15) is 8.42 Å². The third-order valence-corrected chi connectivity index (χ3v) is 5.57. The molecule has 0 saturated carbocycles. The predicted octanol–water partition coefficient (Wildman–Crippen LogP) is 0.780. The minimum Gasteiger partial charge on any atom is -0.472 e. The molecule has 0 unspecified atom stereocenters. The van der Waals surface area contributed by atoms with Gasteiger partial charge >= 0.3 is 0 Å².